The first-order valence-electron chi connectivity index (χ1n) is 9.42. The van der Waals surface area contributed by atoms with E-state index < -0.39 is 0 Å². The van der Waals surface area contributed by atoms with Crippen LogP contribution in [0.5, 0.6) is 11.5 Å². The van der Waals surface area contributed by atoms with Crippen molar-refractivity contribution >= 4 is 22.5 Å². The van der Waals surface area contributed by atoms with E-state index in [1.807, 2.05) is 72.8 Å². The van der Waals surface area contributed by atoms with E-state index in [0.717, 1.165) is 33.5 Å². The summed E-state index contributed by atoms with van der Waals surface area (Å²) in [6, 6.07) is 24.6. The van der Waals surface area contributed by atoms with Crippen LogP contribution in [0.4, 0.5) is 0 Å². The van der Waals surface area contributed by atoms with E-state index in [1.54, 1.807) is 20.3 Å². The number of amides is 1. The van der Waals surface area contributed by atoms with Gasteiger partial charge in [-0.1, -0.05) is 18.2 Å². The van der Waals surface area contributed by atoms with Crippen molar-refractivity contribution in [2.24, 2.45) is 5.10 Å². The molecule has 6 heteroatoms. The Labute approximate surface area is 174 Å². The van der Waals surface area contributed by atoms with Gasteiger partial charge in [0.1, 0.15) is 17.2 Å². The summed E-state index contributed by atoms with van der Waals surface area (Å²) in [5.74, 6) is 1.18. The van der Waals surface area contributed by atoms with Gasteiger partial charge in [-0.3, -0.25) is 4.79 Å². The highest BCUT2D eigenvalue weighted by molar-refractivity contribution is 6.13. The number of rotatable bonds is 6. The molecule has 2 N–H and O–H groups in total. The Hall–Kier alpha value is -4.06. The van der Waals surface area contributed by atoms with E-state index in [4.69, 9.17) is 9.47 Å². The summed E-state index contributed by atoms with van der Waals surface area (Å²) >= 11 is 0. The van der Waals surface area contributed by atoms with E-state index in [0.29, 0.717) is 11.4 Å². The molecule has 0 saturated carbocycles. The molecule has 1 heterocycles. The first kappa shape index (κ1) is 19.3. The van der Waals surface area contributed by atoms with E-state index >= 15 is 0 Å². The molecular formula is C24H21N3O3. The second-order valence-electron chi connectivity index (χ2n) is 6.63. The predicted octanol–water partition coefficient (Wildman–Crippen LogP) is 4.37. The third-order valence-electron chi connectivity index (χ3n) is 4.77. The summed E-state index contributed by atoms with van der Waals surface area (Å²) in [6.45, 7) is 0. The normalized spacial score (nSPS) is 10.5. The van der Waals surface area contributed by atoms with Crippen molar-refractivity contribution in [2.45, 2.75) is 0 Å². The minimum atomic E-state index is -0.314. The van der Waals surface area contributed by atoms with Gasteiger partial charge in [0.2, 0.25) is 0 Å². The first-order valence-corrected chi connectivity index (χ1v) is 9.42. The van der Waals surface area contributed by atoms with Gasteiger partial charge in [0, 0.05) is 22.0 Å². The van der Waals surface area contributed by atoms with Gasteiger partial charge < -0.3 is 14.5 Å². The molecule has 1 aromatic heterocycles. The van der Waals surface area contributed by atoms with Crippen molar-refractivity contribution in [1.82, 2.24) is 10.4 Å². The van der Waals surface area contributed by atoms with E-state index in [9.17, 15) is 4.79 Å². The third-order valence-corrected chi connectivity index (χ3v) is 4.77. The Morgan fingerprint density at radius 2 is 1.40 bits per heavy atom. The van der Waals surface area contributed by atoms with E-state index in [2.05, 4.69) is 15.5 Å². The number of methoxy groups -OCH3 is 2. The molecule has 0 bridgehead atoms. The number of nitrogens with zero attached hydrogens (tertiary/aromatic N) is 1. The molecule has 1 amide bonds. The summed E-state index contributed by atoms with van der Waals surface area (Å²) in [4.78, 5) is 15.8. The van der Waals surface area contributed by atoms with Crippen molar-refractivity contribution < 1.29 is 14.3 Å². The number of aromatic nitrogens is 1. The largest absolute Gasteiger partial charge is 0.497 e. The fraction of sp³-hybridized carbons (Fsp3) is 0.0833. The monoisotopic (exact) mass is 399 g/mol. The Morgan fingerprint density at radius 1 is 0.833 bits per heavy atom. The van der Waals surface area contributed by atoms with Gasteiger partial charge in [0.25, 0.3) is 5.91 Å². The number of hydrogen-bond acceptors (Lipinski definition) is 4. The highest BCUT2D eigenvalue weighted by Gasteiger charge is 2.12. The quantitative estimate of drug-likeness (QED) is 0.373. The van der Waals surface area contributed by atoms with Crippen LogP contribution < -0.4 is 14.9 Å². The molecule has 0 radical (unpaired) electrons. The topological polar surface area (TPSA) is 75.7 Å². The number of H-pyrrole nitrogens is 1. The number of nitrogens with one attached hydrogen (secondary N) is 2. The number of ether oxygens (including phenoxy) is 2. The number of para-hydroxylation sites is 1. The summed E-state index contributed by atoms with van der Waals surface area (Å²) in [6.07, 6.45) is 0. The molecular weight excluding hydrogens is 378 g/mol. The molecule has 4 rings (SSSR count). The molecule has 0 spiro atoms. The lowest BCUT2D eigenvalue weighted by atomic mass is 10.0. The smallest absolute Gasteiger partial charge is 0.287 e. The van der Waals surface area contributed by atoms with E-state index in [1.165, 1.54) is 0 Å². The predicted molar refractivity (Wildman–Crippen MR) is 117 cm³/mol. The van der Waals surface area contributed by atoms with Crippen molar-refractivity contribution in [2.75, 3.05) is 14.2 Å². The van der Waals surface area contributed by atoms with Crippen LogP contribution in [-0.2, 0) is 0 Å². The number of carbonyl (C=O) groups excluding carboxylic acids is 1. The Morgan fingerprint density at radius 3 is 1.93 bits per heavy atom. The lowest BCUT2D eigenvalue weighted by Crippen LogP contribution is -2.21. The van der Waals surface area contributed by atoms with Crippen LogP contribution >= 0.6 is 0 Å². The Kier molecular flexibility index (Phi) is 5.48. The number of carbonyl (C=O) groups is 1. The summed E-state index contributed by atoms with van der Waals surface area (Å²) < 4.78 is 10.5. The molecule has 0 fully saturated rings. The fourth-order valence-corrected chi connectivity index (χ4v) is 3.16. The second-order valence-corrected chi connectivity index (χ2v) is 6.63. The highest BCUT2D eigenvalue weighted by Crippen LogP contribution is 2.19. The average Bonchev–Trinajstić information content (AvgIpc) is 3.24. The molecule has 150 valence electrons. The van der Waals surface area contributed by atoms with Crippen LogP contribution in [0, 0.1) is 0 Å². The summed E-state index contributed by atoms with van der Waals surface area (Å²) in [5, 5.41) is 5.41. The Bertz CT molecular complexity index is 1110. The molecule has 6 nitrogen and oxygen atoms in total. The van der Waals surface area contributed by atoms with Gasteiger partial charge in [-0.2, -0.15) is 5.10 Å². The number of benzene rings is 3. The fourth-order valence-electron chi connectivity index (χ4n) is 3.16. The van der Waals surface area contributed by atoms with Gasteiger partial charge in [0.15, 0.2) is 0 Å². The molecule has 3 aromatic carbocycles. The number of aromatic amines is 1. The zero-order valence-electron chi connectivity index (χ0n) is 16.7. The van der Waals surface area contributed by atoms with Crippen LogP contribution in [-0.4, -0.2) is 30.8 Å². The van der Waals surface area contributed by atoms with Crippen LogP contribution in [0.1, 0.15) is 21.6 Å². The van der Waals surface area contributed by atoms with Crippen LogP contribution in [0.2, 0.25) is 0 Å². The van der Waals surface area contributed by atoms with Gasteiger partial charge in [0.05, 0.1) is 19.9 Å². The highest BCUT2D eigenvalue weighted by atomic mass is 16.5. The molecule has 0 unspecified atom stereocenters. The molecule has 0 aliphatic carbocycles. The average molecular weight is 399 g/mol. The van der Waals surface area contributed by atoms with Crippen molar-refractivity contribution in [3.05, 3.63) is 95.7 Å². The molecule has 30 heavy (non-hydrogen) atoms. The molecule has 0 saturated heterocycles. The number of fused-ring (bicyclic) bond motifs is 1. The maximum Gasteiger partial charge on any atom is 0.287 e. The maximum absolute atomic E-state index is 12.7. The standard InChI is InChI=1S/C24H21N3O3/c1-29-19-11-7-16(8-12-19)23(17-9-13-20(30-2)14-10-17)26-27-24(28)22-15-18-5-3-4-6-21(18)25-22/h3-15,25H,1-2H3,(H,27,28). The molecule has 4 aromatic rings. The van der Waals surface area contributed by atoms with Crippen molar-refractivity contribution in [3.63, 3.8) is 0 Å². The van der Waals surface area contributed by atoms with Crippen molar-refractivity contribution in [3.8, 4) is 11.5 Å². The second kappa shape index (κ2) is 8.53. The minimum absolute atomic E-state index is 0.314. The van der Waals surface area contributed by atoms with Gasteiger partial charge in [-0.15, -0.1) is 0 Å². The number of hydrogen-bond donors (Lipinski definition) is 2. The minimum Gasteiger partial charge on any atom is -0.497 e. The lowest BCUT2D eigenvalue weighted by Gasteiger charge is -2.09. The summed E-state index contributed by atoms with van der Waals surface area (Å²) in [7, 11) is 3.24. The lowest BCUT2D eigenvalue weighted by molar-refractivity contribution is 0.0951. The SMILES string of the molecule is COc1ccc(C(=NNC(=O)c2cc3ccccc3[nH]2)c2ccc(OC)cc2)cc1. The maximum atomic E-state index is 12.7. The first-order chi connectivity index (χ1) is 14.7. The van der Waals surface area contributed by atoms with Gasteiger partial charge in [-0.05, 0) is 60.7 Å². The zero-order valence-corrected chi connectivity index (χ0v) is 16.7. The van der Waals surface area contributed by atoms with Crippen LogP contribution in [0.3, 0.4) is 0 Å². The van der Waals surface area contributed by atoms with Crippen molar-refractivity contribution in [1.29, 1.82) is 0 Å². The van der Waals surface area contributed by atoms with Gasteiger partial charge >= 0.3 is 0 Å². The third kappa shape index (κ3) is 4.03. The zero-order chi connectivity index (χ0) is 20.9. The summed E-state index contributed by atoms with van der Waals surface area (Å²) in [5.41, 5.74) is 6.34. The van der Waals surface area contributed by atoms with Crippen LogP contribution in [0.15, 0.2) is 84.0 Å². The molecule has 0 aliphatic rings. The molecule has 0 atom stereocenters. The molecule has 0 aliphatic heterocycles. The van der Waals surface area contributed by atoms with E-state index in [-0.39, 0.29) is 5.91 Å². The Balaban J connectivity index is 1.66. The van der Waals surface area contributed by atoms with Crippen LogP contribution in [0.25, 0.3) is 10.9 Å². The number of hydrazone groups is 1. The van der Waals surface area contributed by atoms with Gasteiger partial charge in [-0.25, -0.2) is 5.43 Å².